The highest BCUT2D eigenvalue weighted by atomic mass is 31.1. The van der Waals surface area contributed by atoms with Gasteiger partial charge in [-0.2, -0.15) is 5.26 Å². The number of benzene rings is 3. The van der Waals surface area contributed by atoms with Crippen LogP contribution >= 0.6 is 7.92 Å². The fourth-order valence-electron chi connectivity index (χ4n) is 3.37. The number of nitrogens with one attached hydrogen (secondary N) is 1. The van der Waals surface area contributed by atoms with Crippen LogP contribution in [0.15, 0.2) is 116 Å². The SMILES string of the molecule is Cc1ncc(C#Cc2ccnc(C#N)c2)[nH]1.c1ccc(P(c2ccccc2)c2ccccc2)cc1. The van der Waals surface area contributed by atoms with Crippen molar-refractivity contribution in [3.05, 3.63) is 138 Å². The molecule has 2 heterocycles. The van der Waals surface area contributed by atoms with Gasteiger partial charge in [0, 0.05) is 11.8 Å². The predicted molar refractivity (Wildman–Crippen MR) is 143 cm³/mol. The van der Waals surface area contributed by atoms with Crippen molar-refractivity contribution >= 4 is 23.8 Å². The summed E-state index contributed by atoms with van der Waals surface area (Å²) in [7, 11) is -0.446. The van der Waals surface area contributed by atoms with Crippen LogP contribution in [0.2, 0.25) is 0 Å². The van der Waals surface area contributed by atoms with E-state index < -0.39 is 7.92 Å². The largest absolute Gasteiger partial charge is 0.336 e. The summed E-state index contributed by atoms with van der Waals surface area (Å²) in [4.78, 5) is 10.9. The van der Waals surface area contributed by atoms with Gasteiger partial charge >= 0.3 is 0 Å². The van der Waals surface area contributed by atoms with Crippen molar-refractivity contribution < 1.29 is 0 Å². The summed E-state index contributed by atoms with van der Waals surface area (Å²) >= 11 is 0. The molecule has 35 heavy (non-hydrogen) atoms. The Balaban J connectivity index is 0.000000168. The predicted octanol–water partition coefficient (Wildman–Crippen LogP) is 4.83. The number of H-pyrrole nitrogens is 1. The summed E-state index contributed by atoms with van der Waals surface area (Å²) in [6.07, 6.45) is 3.25. The number of aromatic amines is 1. The fraction of sp³-hybridized carbons (Fsp3) is 0.0333. The van der Waals surface area contributed by atoms with E-state index in [0.29, 0.717) is 5.69 Å². The van der Waals surface area contributed by atoms with Gasteiger partial charge in [0.05, 0.1) is 6.20 Å². The molecular weight excluding hydrogens is 447 g/mol. The van der Waals surface area contributed by atoms with E-state index in [2.05, 4.69) is 118 Å². The molecular formula is C30H23N4P. The Labute approximate surface area is 207 Å². The minimum absolute atomic E-state index is 0.368. The number of hydrogen-bond donors (Lipinski definition) is 1. The second-order valence-corrected chi connectivity index (χ2v) is 9.74. The van der Waals surface area contributed by atoms with Crippen LogP contribution in [0.4, 0.5) is 0 Å². The first kappa shape index (κ1) is 23.7. The first-order chi connectivity index (χ1) is 17.2. The van der Waals surface area contributed by atoms with Gasteiger partial charge in [0.15, 0.2) is 0 Å². The molecule has 0 atom stereocenters. The third-order valence-electron chi connectivity index (χ3n) is 4.96. The Kier molecular flexibility index (Phi) is 8.18. The monoisotopic (exact) mass is 470 g/mol. The van der Waals surface area contributed by atoms with Gasteiger partial charge < -0.3 is 4.98 Å². The van der Waals surface area contributed by atoms with Gasteiger partial charge in [-0.05, 0) is 48.8 Å². The Morgan fingerprint density at radius 1 is 0.714 bits per heavy atom. The van der Waals surface area contributed by atoms with Crippen LogP contribution in [0.25, 0.3) is 0 Å². The first-order valence-corrected chi connectivity index (χ1v) is 12.4. The molecule has 2 aromatic heterocycles. The van der Waals surface area contributed by atoms with Gasteiger partial charge in [0.25, 0.3) is 0 Å². The molecule has 168 valence electrons. The van der Waals surface area contributed by atoms with Crippen LogP contribution in [0.3, 0.4) is 0 Å². The summed E-state index contributed by atoms with van der Waals surface area (Å²) in [5, 5.41) is 12.9. The second kappa shape index (κ2) is 12.1. The van der Waals surface area contributed by atoms with E-state index in [1.54, 1.807) is 24.5 Å². The molecule has 0 saturated carbocycles. The van der Waals surface area contributed by atoms with E-state index in [4.69, 9.17) is 5.26 Å². The van der Waals surface area contributed by atoms with E-state index in [-0.39, 0.29) is 0 Å². The Hall–Kier alpha value is -4.50. The van der Waals surface area contributed by atoms with Crippen LogP contribution in [0.1, 0.15) is 22.8 Å². The number of aryl methyl sites for hydroxylation is 1. The standard InChI is InChI=1S/C18H15P.C12H8N4/c1-4-10-16(11-5-1)19(17-12-6-2-7-13-17)18-14-8-3-9-15-18;1-9-15-8-11(16-9)3-2-10-4-5-14-12(6-10)7-13/h1-15H;4-6,8H,1H3,(H,15,16). The van der Waals surface area contributed by atoms with Gasteiger partial charge in [-0.3, -0.25) is 0 Å². The lowest BCUT2D eigenvalue weighted by Crippen LogP contribution is -2.20. The van der Waals surface area contributed by atoms with Crippen LogP contribution in [0, 0.1) is 30.1 Å². The van der Waals surface area contributed by atoms with E-state index in [9.17, 15) is 0 Å². The van der Waals surface area contributed by atoms with Crippen molar-refractivity contribution in [2.75, 3.05) is 0 Å². The molecule has 0 radical (unpaired) electrons. The topological polar surface area (TPSA) is 65.4 Å². The second-order valence-electron chi connectivity index (χ2n) is 7.52. The highest BCUT2D eigenvalue weighted by Gasteiger charge is 2.14. The van der Waals surface area contributed by atoms with Crippen LogP contribution in [-0.2, 0) is 0 Å². The smallest absolute Gasteiger partial charge is 0.141 e. The van der Waals surface area contributed by atoms with Crippen LogP contribution in [0.5, 0.6) is 0 Å². The molecule has 0 amide bonds. The van der Waals surface area contributed by atoms with Crippen LogP contribution in [-0.4, -0.2) is 15.0 Å². The molecule has 0 saturated heterocycles. The molecule has 0 bridgehead atoms. The minimum Gasteiger partial charge on any atom is -0.336 e. The van der Waals surface area contributed by atoms with Gasteiger partial charge in [0.2, 0.25) is 0 Å². The maximum absolute atomic E-state index is 8.67. The maximum Gasteiger partial charge on any atom is 0.141 e. The number of pyridine rings is 1. The molecule has 4 nitrogen and oxygen atoms in total. The zero-order chi connectivity index (χ0) is 24.3. The first-order valence-electron chi connectivity index (χ1n) is 11.1. The molecule has 1 N–H and O–H groups in total. The highest BCUT2D eigenvalue weighted by molar-refractivity contribution is 7.79. The summed E-state index contributed by atoms with van der Waals surface area (Å²) in [5.74, 6) is 6.69. The molecule has 3 aromatic carbocycles. The Morgan fingerprint density at radius 3 is 1.71 bits per heavy atom. The van der Waals surface area contributed by atoms with E-state index in [0.717, 1.165) is 17.1 Å². The number of hydrogen-bond acceptors (Lipinski definition) is 3. The zero-order valence-electron chi connectivity index (χ0n) is 19.3. The molecule has 0 aliphatic rings. The Morgan fingerprint density at radius 2 is 1.26 bits per heavy atom. The van der Waals surface area contributed by atoms with Gasteiger partial charge in [-0.1, -0.05) is 96.9 Å². The summed E-state index contributed by atoms with van der Waals surface area (Å²) in [6.45, 7) is 1.87. The lowest BCUT2D eigenvalue weighted by atomic mass is 10.2. The zero-order valence-corrected chi connectivity index (χ0v) is 20.2. The van der Waals surface area contributed by atoms with Crippen molar-refractivity contribution in [1.29, 1.82) is 5.26 Å². The van der Waals surface area contributed by atoms with Crippen molar-refractivity contribution in [2.45, 2.75) is 6.92 Å². The normalized spacial score (nSPS) is 9.86. The molecule has 0 aliphatic heterocycles. The third-order valence-corrected chi connectivity index (χ3v) is 7.41. The average Bonchev–Trinajstić information content (AvgIpc) is 3.35. The number of imidazole rings is 1. The van der Waals surface area contributed by atoms with E-state index >= 15 is 0 Å². The average molecular weight is 471 g/mol. The maximum atomic E-state index is 8.67. The van der Waals surface area contributed by atoms with Crippen molar-refractivity contribution in [3.63, 3.8) is 0 Å². The highest BCUT2D eigenvalue weighted by Crippen LogP contribution is 2.32. The van der Waals surface area contributed by atoms with Crippen molar-refractivity contribution in [3.8, 4) is 17.9 Å². The molecule has 5 aromatic rings. The number of aromatic nitrogens is 3. The molecule has 5 heteroatoms. The van der Waals surface area contributed by atoms with E-state index in [1.807, 2.05) is 13.0 Å². The van der Waals surface area contributed by atoms with Crippen molar-refractivity contribution in [1.82, 2.24) is 15.0 Å². The summed E-state index contributed by atoms with van der Waals surface area (Å²) in [6, 6.07) is 37.7. The van der Waals surface area contributed by atoms with Gasteiger partial charge in [-0.25, -0.2) is 9.97 Å². The molecule has 5 rings (SSSR count). The lowest BCUT2D eigenvalue weighted by Gasteiger charge is -2.18. The lowest BCUT2D eigenvalue weighted by molar-refractivity contribution is 1.14. The van der Waals surface area contributed by atoms with E-state index in [1.165, 1.54) is 15.9 Å². The van der Waals surface area contributed by atoms with Gasteiger partial charge in [-0.15, -0.1) is 0 Å². The number of nitrogens with zero attached hydrogens (tertiary/aromatic N) is 3. The molecule has 0 unspecified atom stereocenters. The third kappa shape index (κ3) is 6.75. The molecule has 0 fully saturated rings. The minimum atomic E-state index is -0.446. The van der Waals surface area contributed by atoms with Crippen LogP contribution < -0.4 is 15.9 Å². The van der Waals surface area contributed by atoms with Gasteiger partial charge in [0.1, 0.15) is 23.3 Å². The number of rotatable bonds is 3. The quantitative estimate of drug-likeness (QED) is 0.303. The number of nitriles is 1. The molecule has 0 aliphatic carbocycles. The van der Waals surface area contributed by atoms with Crippen molar-refractivity contribution in [2.24, 2.45) is 0 Å². The molecule has 0 spiro atoms. The Bertz CT molecular complexity index is 1370. The fourth-order valence-corrected chi connectivity index (χ4v) is 5.68. The summed E-state index contributed by atoms with van der Waals surface area (Å²) in [5.41, 5.74) is 1.89. The summed E-state index contributed by atoms with van der Waals surface area (Å²) < 4.78 is 0.